The lowest BCUT2D eigenvalue weighted by molar-refractivity contribution is 0.00443. The molecule has 0 saturated heterocycles. The molecule has 0 fully saturated rings. The summed E-state index contributed by atoms with van der Waals surface area (Å²) in [7, 11) is 1.63. The van der Waals surface area contributed by atoms with Gasteiger partial charge in [0.2, 0.25) is 0 Å². The molecule has 0 bridgehead atoms. The number of methoxy groups -OCH3 is 1. The summed E-state index contributed by atoms with van der Waals surface area (Å²) in [6.45, 7) is 11.7. The molecule has 11 rings (SSSR count). The first-order valence-electron chi connectivity index (χ1n) is 28.2. The average Bonchev–Trinajstić information content (AvgIpc) is 2.68. The number of aryl methyl sites for hydroxylation is 2. The van der Waals surface area contributed by atoms with E-state index in [1.807, 2.05) is 54.9 Å². The minimum absolute atomic E-state index is 0.0458. The first-order chi connectivity index (χ1) is 40.1. The van der Waals surface area contributed by atoms with E-state index in [4.69, 9.17) is 53.0 Å². The molecule has 0 aliphatic heterocycles. The molecule has 6 aromatic carbocycles. The second kappa shape index (κ2) is 24.8. The maximum Gasteiger partial charge on any atom is 0.341 e. The fourth-order valence-electron chi connectivity index (χ4n) is 12.4. The van der Waals surface area contributed by atoms with Crippen LogP contribution in [0.2, 0.25) is 0 Å². The van der Waals surface area contributed by atoms with Gasteiger partial charge >= 0.3 is 5.97 Å². The van der Waals surface area contributed by atoms with Crippen molar-refractivity contribution in [2.24, 2.45) is 0 Å². The Morgan fingerprint density at radius 2 is 0.988 bits per heavy atom. The number of hydrogen-bond acceptors (Lipinski definition) is 13. The Morgan fingerprint density at radius 1 is 0.500 bits per heavy atom. The molecule has 3 aliphatic rings. The number of ketones is 1. The summed E-state index contributed by atoms with van der Waals surface area (Å²) in [6.07, 6.45) is 3.71. The van der Waals surface area contributed by atoms with Gasteiger partial charge in [0, 0.05) is 25.1 Å². The van der Waals surface area contributed by atoms with E-state index in [1.165, 1.54) is 16.7 Å². The number of benzene rings is 6. The number of nitrogens with zero attached hydrogens (tertiary/aromatic N) is 2. The summed E-state index contributed by atoms with van der Waals surface area (Å²) >= 11 is 0. The van der Waals surface area contributed by atoms with E-state index in [0.29, 0.717) is 64.2 Å². The second-order valence-electron chi connectivity index (χ2n) is 20.8. The van der Waals surface area contributed by atoms with Crippen LogP contribution in [0.4, 0.5) is 0 Å². The molecule has 420 valence electrons. The quantitative estimate of drug-likeness (QED) is 0.0311. The summed E-state index contributed by atoms with van der Waals surface area (Å²) in [5.74, 6) is -0.288. The minimum atomic E-state index is -1.10. The van der Waals surface area contributed by atoms with Crippen LogP contribution in [-0.4, -0.2) is 120 Å². The molecule has 0 saturated carbocycles. The van der Waals surface area contributed by atoms with Crippen LogP contribution in [0, 0.1) is 13.8 Å². The van der Waals surface area contributed by atoms with Gasteiger partial charge in [-0.1, -0.05) is 102 Å². The van der Waals surface area contributed by atoms with Crippen LogP contribution in [0.15, 0.2) is 146 Å². The van der Waals surface area contributed by atoms with Crippen molar-refractivity contribution >= 4 is 11.8 Å². The van der Waals surface area contributed by atoms with Crippen molar-refractivity contribution < 1.29 is 52.6 Å². The zero-order valence-corrected chi connectivity index (χ0v) is 47.2. The number of aliphatic hydroxyl groups excluding tert-OH is 1. The molecule has 1 atom stereocenters. The molecular formula is C69H68N2O11. The van der Waals surface area contributed by atoms with Gasteiger partial charge in [-0.25, -0.2) is 4.79 Å². The monoisotopic (exact) mass is 1100 g/mol. The maximum absolute atomic E-state index is 14.3. The van der Waals surface area contributed by atoms with Gasteiger partial charge in [0.15, 0.2) is 5.78 Å². The number of fused-ring (bicyclic) bond motifs is 13. The molecule has 3 aliphatic carbocycles. The van der Waals surface area contributed by atoms with E-state index >= 15 is 0 Å². The molecular weight excluding hydrogens is 1030 g/mol. The number of esters is 1. The number of aromatic nitrogens is 2. The summed E-state index contributed by atoms with van der Waals surface area (Å²) in [6, 6.07) is 47.2. The van der Waals surface area contributed by atoms with Crippen molar-refractivity contribution in [2.75, 3.05) is 93.0 Å². The number of pyridine rings is 2. The van der Waals surface area contributed by atoms with Crippen molar-refractivity contribution in [1.29, 1.82) is 0 Å². The van der Waals surface area contributed by atoms with Crippen molar-refractivity contribution in [3.63, 3.8) is 0 Å². The van der Waals surface area contributed by atoms with E-state index in [-0.39, 0.29) is 51.0 Å². The van der Waals surface area contributed by atoms with Gasteiger partial charge in [-0.3, -0.25) is 14.8 Å². The Balaban J connectivity index is 1.06. The zero-order chi connectivity index (χ0) is 56.8. The number of aliphatic hydroxyl groups is 1. The maximum atomic E-state index is 14.3. The summed E-state index contributed by atoms with van der Waals surface area (Å²) < 4.78 is 45.8. The average molecular weight is 1100 g/mol. The first-order valence-corrected chi connectivity index (χ1v) is 28.2. The highest BCUT2D eigenvalue weighted by molar-refractivity contribution is 5.98. The van der Waals surface area contributed by atoms with E-state index in [1.54, 1.807) is 21.0 Å². The molecule has 2 aromatic heterocycles. The fourth-order valence-corrected chi connectivity index (χ4v) is 12.4. The molecule has 0 amide bonds. The third-order valence-electron chi connectivity index (χ3n) is 15.9. The van der Waals surface area contributed by atoms with Gasteiger partial charge in [-0.15, -0.1) is 0 Å². The molecule has 1 N–H and O–H groups in total. The summed E-state index contributed by atoms with van der Waals surface area (Å²) in [5, 5.41) is 9.03. The lowest BCUT2D eigenvalue weighted by Crippen LogP contribution is -2.30. The highest BCUT2D eigenvalue weighted by Gasteiger charge is 2.53. The Kier molecular flexibility index (Phi) is 17.0. The molecule has 2 heterocycles. The smallest absolute Gasteiger partial charge is 0.341 e. The van der Waals surface area contributed by atoms with Crippen LogP contribution in [0.5, 0.6) is 5.75 Å². The van der Waals surface area contributed by atoms with E-state index in [2.05, 4.69) is 105 Å². The van der Waals surface area contributed by atoms with Gasteiger partial charge < -0.3 is 43.0 Å². The summed E-state index contributed by atoms with van der Waals surface area (Å²) in [4.78, 5) is 38.3. The molecule has 8 aromatic rings. The minimum Gasteiger partial charge on any atom is -0.490 e. The number of ether oxygens (including phenoxy) is 8. The summed E-state index contributed by atoms with van der Waals surface area (Å²) in [5.41, 5.74) is 18.3. The third-order valence-corrected chi connectivity index (χ3v) is 15.9. The highest BCUT2D eigenvalue weighted by atomic mass is 16.6. The molecule has 1 unspecified atom stereocenters. The van der Waals surface area contributed by atoms with Gasteiger partial charge in [0.1, 0.15) is 17.9 Å². The van der Waals surface area contributed by atoms with E-state index in [9.17, 15) is 9.59 Å². The topological polar surface area (TPSA) is 154 Å². The number of rotatable bonds is 26. The SMILES string of the molecule is CCOC(=O)c1cc(C2(c3ccc(COCCOCCOCCO)c(C(C)=O)c3)c3cc(C)ccc3-c3ccc(-c4ccc5c(c4)C4(c6cc(C)ccc6-5)c5cccnc5-c5ncccc54)cc32)ccc1OCCOCCOCCOC. The normalized spacial score (nSPS) is 14.7. The fraction of sp³-hybridized carbons (Fsp3) is 0.304. The Hall–Kier alpha value is -7.72. The largest absolute Gasteiger partial charge is 0.490 e. The second-order valence-corrected chi connectivity index (χ2v) is 20.8. The van der Waals surface area contributed by atoms with E-state index < -0.39 is 16.8 Å². The van der Waals surface area contributed by atoms with Crippen molar-refractivity contribution in [2.45, 2.75) is 45.1 Å². The molecule has 13 heteroatoms. The number of carbonyl (C=O) groups excluding carboxylic acids is 2. The Bertz CT molecular complexity index is 3620. The van der Waals surface area contributed by atoms with Gasteiger partial charge in [0.05, 0.1) is 108 Å². The van der Waals surface area contributed by atoms with Gasteiger partial charge in [0.25, 0.3) is 0 Å². The standard InChI is InChI=1S/C69H68N2O11/c1-6-81-67(74)57-42-51(17-22-64(57)82-36-35-79-32-31-77-28-27-75-5)68(50-16-13-49(56(41-50)46(4)73)43-80-34-33-78-30-29-76-26-25-72)60-37-44(2)11-18-52(60)54-20-14-47(39-62(54)68)48-15-21-55-53-19-12-45(3)38-61(53)69(63(55)40-48)58-9-7-23-70-65(58)66-59(69)10-8-24-71-66/h7-24,37-42,72H,6,25-36,43H2,1-5H3. The number of carbonyl (C=O) groups is 2. The number of Topliss-reactive ketones (excluding diaryl/α,β-unsaturated/α-hetero) is 1. The van der Waals surface area contributed by atoms with Gasteiger partial charge in [-0.2, -0.15) is 0 Å². The van der Waals surface area contributed by atoms with Crippen LogP contribution in [-0.2, 0) is 50.6 Å². The molecule has 1 spiro atoms. The van der Waals surface area contributed by atoms with Crippen LogP contribution in [0.3, 0.4) is 0 Å². The van der Waals surface area contributed by atoms with Gasteiger partial charge in [-0.05, 0) is 154 Å². The Labute approximate surface area is 479 Å². The zero-order valence-electron chi connectivity index (χ0n) is 47.2. The van der Waals surface area contributed by atoms with Crippen LogP contribution >= 0.6 is 0 Å². The van der Waals surface area contributed by atoms with Crippen LogP contribution < -0.4 is 4.74 Å². The van der Waals surface area contributed by atoms with Crippen LogP contribution in [0.1, 0.15) is 95.8 Å². The predicted molar refractivity (Wildman–Crippen MR) is 314 cm³/mol. The highest BCUT2D eigenvalue weighted by Crippen LogP contribution is 2.63. The van der Waals surface area contributed by atoms with Crippen molar-refractivity contribution in [3.8, 4) is 50.5 Å². The van der Waals surface area contributed by atoms with Crippen LogP contribution in [0.25, 0.3) is 44.8 Å². The predicted octanol–water partition coefficient (Wildman–Crippen LogP) is 11.4. The lowest BCUT2D eigenvalue weighted by atomic mass is 9.66. The Morgan fingerprint density at radius 3 is 1.55 bits per heavy atom. The molecule has 13 nitrogen and oxygen atoms in total. The molecule has 0 radical (unpaired) electrons. The van der Waals surface area contributed by atoms with Crippen molar-refractivity contribution in [3.05, 3.63) is 218 Å². The first kappa shape index (κ1) is 56.2. The van der Waals surface area contributed by atoms with Crippen molar-refractivity contribution in [1.82, 2.24) is 9.97 Å². The molecule has 82 heavy (non-hydrogen) atoms. The van der Waals surface area contributed by atoms with E-state index in [0.717, 1.165) is 89.3 Å². The third kappa shape index (κ3) is 10.3. The lowest BCUT2D eigenvalue weighted by Gasteiger charge is -2.35. The number of hydrogen-bond donors (Lipinski definition) is 1.